The van der Waals surface area contributed by atoms with Gasteiger partial charge in [-0.05, 0) is 98.7 Å². The highest BCUT2D eigenvalue weighted by Gasteiger charge is 2.69. The van der Waals surface area contributed by atoms with Crippen LogP contribution in [0.5, 0.6) is 0 Å². The summed E-state index contributed by atoms with van der Waals surface area (Å²) in [6.07, 6.45) is -9.25. The Balaban J connectivity index is 0.913. The van der Waals surface area contributed by atoms with Crippen LogP contribution in [0.25, 0.3) is 0 Å². The lowest BCUT2D eigenvalue weighted by molar-refractivity contribution is -0.385. The second-order valence-corrected chi connectivity index (χ2v) is 20.6. The number of hydrogen-bond acceptors (Lipinski definition) is 16. The summed E-state index contributed by atoms with van der Waals surface area (Å²) in [4.78, 5) is 0. The molecule has 0 aromatic rings. The first-order chi connectivity index (χ1) is 28.5. The Morgan fingerprint density at radius 1 is 0.733 bits per heavy atom. The summed E-state index contributed by atoms with van der Waals surface area (Å²) in [5.74, 6) is 2.65. The number of hydrogen-bond donors (Lipinski definition) is 8. The molecule has 342 valence electrons. The van der Waals surface area contributed by atoms with Gasteiger partial charge in [0, 0.05) is 12.3 Å². The fourth-order valence-electron chi connectivity index (χ4n) is 13.7. The Bertz CT molecular complexity index is 1560. The summed E-state index contributed by atoms with van der Waals surface area (Å²) >= 11 is 0. The van der Waals surface area contributed by atoms with Crippen LogP contribution in [-0.4, -0.2) is 165 Å². The Morgan fingerprint density at radius 2 is 1.48 bits per heavy atom. The van der Waals surface area contributed by atoms with Gasteiger partial charge in [0.1, 0.15) is 61.0 Å². The van der Waals surface area contributed by atoms with Crippen LogP contribution >= 0.6 is 0 Å². The van der Waals surface area contributed by atoms with Gasteiger partial charge in [0.25, 0.3) is 0 Å². The first-order valence-electron chi connectivity index (χ1n) is 22.8. The van der Waals surface area contributed by atoms with Gasteiger partial charge in [0.2, 0.25) is 0 Å². The van der Waals surface area contributed by atoms with Gasteiger partial charge in [-0.15, -0.1) is 0 Å². The van der Waals surface area contributed by atoms with Gasteiger partial charge in [0.15, 0.2) is 24.7 Å². The molecule has 0 aromatic heterocycles. The molecule has 16 heteroatoms. The number of aliphatic hydroxyl groups excluding tert-OH is 8. The zero-order chi connectivity index (χ0) is 42.6. The second-order valence-electron chi connectivity index (χ2n) is 20.6. The maximum Gasteiger partial charge on any atom is 0.187 e. The van der Waals surface area contributed by atoms with Gasteiger partial charge in [-0.3, -0.25) is 0 Å². The first-order valence-corrected chi connectivity index (χ1v) is 22.8. The van der Waals surface area contributed by atoms with Crippen LogP contribution in [0, 0.1) is 46.3 Å². The van der Waals surface area contributed by atoms with Crippen LogP contribution in [0.1, 0.15) is 92.4 Å². The molecule has 8 N–H and O–H groups in total. The highest BCUT2D eigenvalue weighted by Crippen LogP contribution is 2.70. The molecule has 0 radical (unpaired) electrons. The van der Waals surface area contributed by atoms with Gasteiger partial charge in [-0.2, -0.15) is 0 Å². The fourth-order valence-corrected chi connectivity index (χ4v) is 13.7. The largest absolute Gasteiger partial charge is 0.394 e. The molecule has 5 aliphatic heterocycles. The van der Waals surface area contributed by atoms with E-state index < -0.39 is 98.4 Å². The van der Waals surface area contributed by atoms with Crippen molar-refractivity contribution in [2.24, 2.45) is 46.3 Å². The molecule has 9 aliphatic rings. The average molecular weight is 855 g/mol. The minimum Gasteiger partial charge on any atom is -0.394 e. The van der Waals surface area contributed by atoms with Crippen LogP contribution in [0.15, 0.2) is 11.6 Å². The first kappa shape index (κ1) is 44.3. The van der Waals surface area contributed by atoms with E-state index in [1.165, 1.54) is 18.9 Å². The number of ether oxygens (including phenoxy) is 8. The monoisotopic (exact) mass is 854 g/mol. The molecule has 8 fully saturated rings. The van der Waals surface area contributed by atoms with Gasteiger partial charge in [0.05, 0.1) is 38.1 Å². The quantitative estimate of drug-likeness (QED) is 0.166. The Labute approximate surface area is 352 Å². The van der Waals surface area contributed by atoms with Gasteiger partial charge in [-0.1, -0.05) is 39.3 Å². The van der Waals surface area contributed by atoms with Gasteiger partial charge < -0.3 is 78.7 Å². The predicted molar refractivity (Wildman–Crippen MR) is 208 cm³/mol. The van der Waals surface area contributed by atoms with Crippen molar-refractivity contribution in [1.29, 1.82) is 0 Å². The van der Waals surface area contributed by atoms with Crippen molar-refractivity contribution in [3.8, 4) is 0 Å². The zero-order valence-electron chi connectivity index (χ0n) is 35.6. The van der Waals surface area contributed by atoms with Gasteiger partial charge >= 0.3 is 0 Å². The van der Waals surface area contributed by atoms with E-state index in [0.29, 0.717) is 48.3 Å². The maximum atomic E-state index is 11.9. The van der Waals surface area contributed by atoms with E-state index >= 15 is 0 Å². The summed E-state index contributed by atoms with van der Waals surface area (Å²) in [7, 11) is 0. The molecule has 4 aliphatic carbocycles. The van der Waals surface area contributed by atoms with Crippen LogP contribution in [0.2, 0.25) is 0 Å². The summed E-state index contributed by atoms with van der Waals surface area (Å²) in [5, 5.41) is 85.1. The van der Waals surface area contributed by atoms with E-state index in [1.807, 2.05) is 0 Å². The van der Waals surface area contributed by atoms with Crippen molar-refractivity contribution in [1.82, 2.24) is 0 Å². The lowest BCUT2D eigenvalue weighted by Gasteiger charge is -2.58. The summed E-state index contributed by atoms with van der Waals surface area (Å²) in [6, 6.07) is 0. The predicted octanol–water partition coefficient (Wildman–Crippen LogP) is 0.853. The fraction of sp³-hybridized carbons (Fsp3) is 0.955. The van der Waals surface area contributed by atoms with Crippen molar-refractivity contribution in [3.63, 3.8) is 0 Å². The standard InChI is InChI=1S/C44H70O16/c1-19-8-13-44(54-17-19)20(2)30-28(60-44)15-26-24-7-6-22-14-23(9-11-42(22,4)25(24)10-12-43(26,30)5)56-41-38(59-40-35(51)33(49)31(47)21(3)55-40)36(52)37(29(16-45)57-41)58-39-34(50)32(48)27(46)18-53-39/h6,19-21,23-41,45-52H,7-18H2,1-5H3/t19-,20+,21-,23+,24?,25?,26?,27-,28?,29-,30?,31-,32-,33-,34-,35-,36-,37-,38-,39+,40+,41-,42+,43+,44?/m1/s1. The Hall–Kier alpha value is -0.900. The molecule has 1 spiro atoms. The Morgan fingerprint density at radius 3 is 2.22 bits per heavy atom. The highest BCUT2D eigenvalue weighted by molar-refractivity contribution is 5.26. The van der Waals surface area contributed by atoms with E-state index in [4.69, 9.17) is 37.9 Å². The molecule has 5 saturated heterocycles. The molecular weight excluding hydrogens is 784 g/mol. The molecule has 3 saturated carbocycles. The molecule has 0 aromatic carbocycles. The highest BCUT2D eigenvalue weighted by atomic mass is 16.8. The maximum absolute atomic E-state index is 11.9. The smallest absolute Gasteiger partial charge is 0.187 e. The molecule has 6 unspecified atom stereocenters. The number of rotatable bonds is 7. The minimum absolute atomic E-state index is 0.0142. The van der Waals surface area contributed by atoms with Crippen molar-refractivity contribution >= 4 is 0 Å². The lowest BCUT2D eigenvalue weighted by Crippen LogP contribution is -2.66. The third-order valence-corrected chi connectivity index (χ3v) is 17.3. The summed E-state index contributed by atoms with van der Waals surface area (Å²) < 4.78 is 49.8. The van der Waals surface area contributed by atoms with Crippen LogP contribution in [0.4, 0.5) is 0 Å². The third-order valence-electron chi connectivity index (χ3n) is 17.3. The van der Waals surface area contributed by atoms with Crippen molar-refractivity contribution in [2.75, 3.05) is 19.8 Å². The molecule has 5 heterocycles. The molecule has 0 amide bonds. The summed E-state index contributed by atoms with van der Waals surface area (Å²) in [5.41, 5.74) is 1.54. The summed E-state index contributed by atoms with van der Waals surface area (Å²) in [6.45, 7) is 10.9. The van der Waals surface area contributed by atoms with Crippen molar-refractivity contribution in [3.05, 3.63) is 11.6 Å². The number of fused-ring (bicyclic) bond motifs is 7. The number of allylic oxidation sites excluding steroid dienone is 1. The van der Waals surface area contributed by atoms with Crippen LogP contribution < -0.4 is 0 Å². The van der Waals surface area contributed by atoms with E-state index in [9.17, 15) is 40.9 Å². The zero-order valence-corrected chi connectivity index (χ0v) is 35.6. The molecule has 0 bridgehead atoms. The van der Waals surface area contributed by atoms with E-state index in [1.54, 1.807) is 0 Å². The van der Waals surface area contributed by atoms with E-state index in [0.717, 1.165) is 45.1 Å². The topological polar surface area (TPSA) is 236 Å². The van der Waals surface area contributed by atoms with E-state index in [2.05, 4.69) is 33.8 Å². The average Bonchev–Trinajstić information content (AvgIpc) is 3.68. The lowest BCUT2D eigenvalue weighted by atomic mass is 9.47. The second kappa shape index (κ2) is 16.5. The minimum atomic E-state index is -1.70. The van der Waals surface area contributed by atoms with Gasteiger partial charge in [-0.25, -0.2) is 0 Å². The van der Waals surface area contributed by atoms with Crippen LogP contribution in [0.3, 0.4) is 0 Å². The molecule has 60 heavy (non-hydrogen) atoms. The van der Waals surface area contributed by atoms with Crippen LogP contribution in [-0.2, 0) is 37.9 Å². The SMILES string of the molecule is C[C@@H]1CCC2(OC1)OC1CC3C4CC=C5C[C@@H](O[C@@H]6O[C@H](CO)[C@@H](O[C@@H]7OC[C@@H](O)[C@@H](O)[C@H]7O)[C@@H](O)[C@H]6O[C@@H]6O[C@H](C)[C@@H](O)[C@@H](O)[C@H]6O)CC[C@]5(C)C4CC[C@]3(C)C1[C@@H]2C. The molecule has 25 atom stereocenters. The third kappa shape index (κ3) is 7.19. The molecule has 16 nitrogen and oxygen atoms in total. The van der Waals surface area contributed by atoms with E-state index in [-0.39, 0.29) is 29.6 Å². The van der Waals surface area contributed by atoms with Crippen molar-refractivity contribution < 1.29 is 78.7 Å². The normalized spacial score (nSPS) is 57.9. The van der Waals surface area contributed by atoms with Crippen molar-refractivity contribution in [2.45, 2.75) is 196 Å². The molecule has 9 rings (SSSR count). The molecular formula is C44H70O16. The number of aliphatic hydroxyl groups is 8. The Kier molecular flexibility index (Phi) is 12.2.